The summed E-state index contributed by atoms with van der Waals surface area (Å²) in [7, 11) is 0. The van der Waals surface area contributed by atoms with E-state index >= 15 is 0 Å². The number of ether oxygens (including phenoxy) is 1. The molecule has 0 atom stereocenters. The molecule has 2 aromatic heterocycles. The van der Waals surface area contributed by atoms with E-state index in [1.807, 2.05) is 0 Å². The maximum Gasteiger partial charge on any atom is 0.270 e. The molecule has 0 unspecified atom stereocenters. The second-order valence-electron chi connectivity index (χ2n) is 8.66. The molecule has 0 radical (unpaired) electrons. The van der Waals surface area contributed by atoms with Gasteiger partial charge in [0.25, 0.3) is 17.7 Å². The summed E-state index contributed by atoms with van der Waals surface area (Å²) in [6.07, 6.45) is 0.864. The van der Waals surface area contributed by atoms with Gasteiger partial charge in [0.2, 0.25) is 0 Å². The van der Waals surface area contributed by atoms with Crippen molar-refractivity contribution in [3.05, 3.63) is 88.4 Å². The van der Waals surface area contributed by atoms with Crippen LogP contribution < -0.4 is 20.7 Å². The Hall–Kier alpha value is -5.20. The second kappa shape index (κ2) is 10.3. The predicted molar refractivity (Wildman–Crippen MR) is 132 cm³/mol. The van der Waals surface area contributed by atoms with Crippen molar-refractivity contribution in [2.24, 2.45) is 0 Å². The first-order valence-electron chi connectivity index (χ1n) is 11.6. The molecule has 0 fully saturated rings. The number of aromatic nitrogens is 3. The van der Waals surface area contributed by atoms with Crippen LogP contribution in [0.1, 0.15) is 49.4 Å². The monoisotopic (exact) mass is 534 g/mol. The van der Waals surface area contributed by atoms with Crippen molar-refractivity contribution in [3.63, 3.8) is 0 Å². The number of nitrogens with zero attached hydrogens (tertiary/aromatic N) is 3. The van der Waals surface area contributed by atoms with E-state index in [2.05, 4.69) is 26.0 Å². The highest BCUT2D eigenvalue weighted by Crippen LogP contribution is 2.28. The molecular weight excluding hydrogens is 514 g/mol. The number of hydrogen-bond acceptors (Lipinski definition) is 7. The highest BCUT2D eigenvalue weighted by Gasteiger charge is 2.21. The van der Waals surface area contributed by atoms with Crippen molar-refractivity contribution in [1.82, 2.24) is 25.2 Å². The van der Waals surface area contributed by atoms with Crippen molar-refractivity contribution >= 4 is 34.8 Å². The van der Waals surface area contributed by atoms with Crippen molar-refractivity contribution in [1.29, 1.82) is 0 Å². The Morgan fingerprint density at radius 1 is 1.00 bits per heavy atom. The van der Waals surface area contributed by atoms with Gasteiger partial charge in [0.1, 0.15) is 23.0 Å². The van der Waals surface area contributed by atoms with Crippen LogP contribution in [0.3, 0.4) is 0 Å². The Morgan fingerprint density at radius 2 is 1.72 bits per heavy atom. The molecule has 1 aliphatic heterocycles. The predicted octanol–water partition coefficient (Wildman–Crippen LogP) is 2.40. The van der Waals surface area contributed by atoms with Gasteiger partial charge in [0, 0.05) is 19.2 Å². The van der Waals surface area contributed by atoms with Crippen LogP contribution in [0.25, 0.3) is 5.65 Å². The van der Waals surface area contributed by atoms with Crippen molar-refractivity contribution in [3.8, 4) is 5.75 Å². The molecule has 5 rings (SSSR count). The summed E-state index contributed by atoms with van der Waals surface area (Å²) >= 11 is 0. The molecule has 4 aromatic rings. The lowest BCUT2D eigenvalue weighted by molar-refractivity contribution is -0.118. The van der Waals surface area contributed by atoms with Crippen LogP contribution in [0.5, 0.6) is 5.75 Å². The first-order chi connectivity index (χ1) is 18.7. The van der Waals surface area contributed by atoms with Crippen molar-refractivity contribution < 1.29 is 32.7 Å². The van der Waals surface area contributed by atoms with Crippen LogP contribution in [0.2, 0.25) is 0 Å². The van der Waals surface area contributed by atoms with E-state index < -0.39 is 29.2 Å². The largest absolute Gasteiger partial charge is 0.482 e. The van der Waals surface area contributed by atoms with E-state index in [-0.39, 0.29) is 48.2 Å². The summed E-state index contributed by atoms with van der Waals surface area (Å²) in [5.74, 6) is -3.17. The third-order valence-electron chi connectivity index (χ3n) is 5.89. The number of Topliss-reactive ketones (excluding diaryl/α,β-unsaturated/α-hetero) is 1. The molecule has 2 aromatic carbocycles. The number of benzene rings is 2. The molecular formula is C26H20F2N6O5. The molecule has 198 valence electrons. The SMILES string of the molecule is CC(=O)c1cc(CNC(=O)c2cc(C(=O)NCc3ccc4c(c3)NC(=O)CO4)nc3c(F)cnn23)ccc1F. The van der Waals surface area contributed by atoms with Gasteiger partial charge in [-0.1, -0.05) is 12.1 Å². The van der Waals surface area contributed by atoms with E-state index in [4.69, 9.17) is 4.74 Å². The Bertz CT molecular complexity index is 1670. The van der Waals surface area contributed by atoms with E-state index in [9.17, 15) is 28.0 Å². The van der Waals surface area contributed by atoms with Gasteiger partial charge >= 0.3 is 0 Å². The highest BCUT2D eigenvalue weighted by molar-refractivity contribution is 5.98. The molecule has 0 bridgehead atoms. The second-order valence-corrected chi connectivity index (χ2v) is 8.66. The molecule has 11 nitrogen and oxygen atoms in total. The van der Waals surface area contributed by atoms with Gasteiger partial charge in [0.15, 0.2) is 23.9 Å². The molecule has 13 heteroatoms. The van der Waals surface area contributed by atoms with Crippen LogP contribution in [0, 0.1) is 11.6 Å². The smallest absolute Gasteiger partial charge is 0.270 e. The van der Waals surface area contributed by atoms with Crippen LogP contribution >= 0.6 is 0 Å². The number of carbonyl (C=O) groups is 4. The van der Waals surface area contributed by atoms with Crippen LogP contribution in [0.15, 0.2) is 48.7 Å². The zero-order valence-corrected chi connectivity index (χ0v) is 20.4. The average Bonchev–Trinajstić information content (AvgIpc) is 3.30. The third kappa shape index (κ3) is 5.28. The fourth-order valence-corrected chi connectivity index (χ4v) is 3.95. The topological polar surface area (TPSA) is 144 Å². The fraction of sp³-hybridized carbons (Fsp3) is 0.154. The van der Waals surface area contributed by atoms with Gasteiger partial charge < -0.3 is 20.7 Å². The first kappa shape index (κ1) is 25.4. The number of nitrogens with one attached hydrogen (secondary N) is 3. The molecule has 0 saturated heterocycles. The first-order valence-corrected chi connectivity index (χ1v) is 11.6. The summed E-state index contributed by atoms with van der Waals surface area (Å²) in [6, 6.07) is 10.0. The minimum Gasteiger partial charge on any atom is -0.482 e. The number of rotatable bonds is 7. The number of ketones is 1. The summed E-state index contributed by atoms with van der Waals surface area (Å²) in [6.45, 7) is 1.11. The molecule has 1 aliphatic rings. The summed E-state index contributed by atoms with van der Waals surface area (Å²) < 4.78 is 34.5. The standard InChI is InChI=1S/C26H20F2N6O5/c1-13(35)16-6-14(2-4-17(16)27)9-30-26(38)21-8-20(33-24-18(28)11-31-34(21)24)25(37)29-10-15-3-5-22-19(7-15)32-23(36)12-39-22/h2-8,11H,9-10,12H2,1H3,(H,29,37)(H,30,38)(H,32,36). The number of hydrogen-bond donors (Lipinski definition) is 3. The zero-order valence-electron chi connectivity index (χ0n) is 20.4. The number of carbonyl (C=O) groups excluding carboxylic acids is 4. The molecule has 3 amide bonds. The molecule has 3 heterocycles. The van der Waals surface area contributed by atoms with Gasteiger partial charge in [-0.05, 0) is 42.3 Å². The normalized spacial score (nSPS) is 12.3. The van der Waals surface area contributed by atoms with E-state index in [0.29, 0.717) is 22.6 Å². The zero-order chi connectivity index (χ0) is 27.7. The Kier molecular flexibility index (Phi) is 6.71. The maximum absolute atomic E-state index is 14.4. The van der Waals surface area contributed by atoms with Crippen LogP contribution in [-0.2, 0) is 17.9 Å². The lowest BCUT2D eigenvalue weighted by atomic mass is 10.1. The Labute approximate surface area is 219 Å². The van der Waals surface area contributed by atoms with Gasteiger partial charge in [-0.15, -0.1) is 0 Å². The third-order valence-corrected chi connectivity index (χ3v) is 5.89. The fourth-order valence-electron chi connectivity index (χ4n) is 3.95. The van der Waals surface area contributed by atoms with Gasteiger partial charge in [-0.2, -0.15) is 5.10 Å². The van der Waals surface area contributed by atoms with Crippen molar-refractivity contribution in [2.45, 2.75) is 20.0 Å². The number of halogens is 2. The number of fused-ring (bicyclic) bond motifs is 2. The average molecular weight is 534 g/mol. The lowest BCUT2D eigenvalue weighted by Crippen LogP contribution is -2.29. The number of anilines is 1. The van der Waals surface area contributed by atoms with Crippen LogP contribution in [0.4, 0.5) is 14.5 Å². The molecule has 0 aliphatic carbocycles. The van der Waals surface area contributed by atoms with Gasteiger partial charge in [-0.25, -0.2) is 18.3 Å². The highest BCUT2D eigenvalue weighted by atomic mass is 19.1. The molecule has 0 saturated carbocycles. The van der Waals surface area contributed by atoms with E-state index in [1.54, 1.807) is 18.2 Å². The summed E-state index contributed by atoms with van der Waals surface area (Å²) in [5.41, 5.74) is 0.716. The summed E-state index contributed by atoms with van der Waals surface area (Å²) in [5, 5.41) is 11.8. The van der Waals surface area contributed by atoms with Crippen molar-refractivity contribution in [2.75, 3.05) is 11.9 Å². The number of amides is 3. The Morgan fingerprint density at radius 3 is 2.49 bits per heavy atom. The van der Waals surface area contributed by atoms with E-state index in [1.165, 1.54) is 19.1 Å². The quantitative estimate of drug-likeness (QED) is 0.309. The Balaban J connectivity index is 1.34. The molecule has 39 heavy (non-hydrogen) atoms. The van der Waals surface area contributed by atoms with E-state index in [0.717, 1.165) is 22.8 Å². The van der Waals surface area contributed by atoms with Gasteiger partial charge in [-0.3, -0.25) is 19.2 Å². The maximum atomic E-state index is 14.4. The summed E-state index contributed by atoms with van der Waals surface area (Å²) in [4.78, 5) is 53.1. The minimum absolute atomic E-state index is 0.0428. The molecule has 3 N–H and O–H groups in total. The lowest BCUT2D eigenvalue weighted by Gasteiger charge is -2.18. The van der Waals surface area contributed by atoms with Crippen LogP contribution in [-0.4, -0.2) is 44.7 Å². The van der Waals surface area contributed by atoms with Gasteiger partial charge in [0.05, 0.1) is 17.4 Å². The minimum atomic E-state index is -0.839. The molecule has 0 spiro atoms.